The van der Waals surface area contributed by atoms with Crippen molar-refractivity contribution in [1.82, 2.24) is 4.57 Å². The van der Waals surface area contributed by atoms with E-state index < -0.39 is 0 Å². The maximum Gasteiger partial charge on any atom is 0.288 e. The second-order valence-corrected chi connectivity index (χ2v) is 6.63. The van der Waals surface area contributed by atoms with Crippen LogP contribution in [0, 0.1) is 0 Å². The van der Waals surface area contributed by atoms with Crippen LogP contribution in [0.3, 0.4) is 0 Å². The number of methoxy groups -OCH3 is 1. The number of nitrogens with zero attached hydrogens (tertiary/aromatic N) is 2. The summed E-state index contributed by atoms with van der Waals surface area (Å²) in [6.07, 6.45) is 2.21. The van der Waals surface area contributed by atoms with Crippen LogP contribution in [0.15, 0.2) is 59.2 Å². The normalized spacial score (nSPS) is 13.6. The Morgan fingerprint density at radius 2 is 1.83 bits per heavy atom. The van der Waals surface area contributed by atoms with Gasteiger partial charge in [0.1, 0.15) is 30.8 Å². The van der Waals surface area contributed by atoms with E-state index in [1.807, 2.05) is 12.1 Å². The van der Waals surface area contributed by atoms with Crippen molar-refractivity contribution in [3.8, 4) is 22.7 Å². The van der Waals surface area contributed by atoms with Crippen LogP contribution in [-0.2, 0) is 17.9 Å². The molecule has 0 bridgehead atoms. The average molecular weight is 386 g/mol. The van der Waals surface area contributed by atoms with E-state index in [-0.39, 0.29) is 0 Å². The van der Waals surface area contributed by atoms with Gasteiger partial charge in [-0.2, -0.15) is 4.57 Å². The number of halogens is 1. The van der Waals surface area contributed by atoms with Crippen molar-refractivity contribution in [2.24, 2.45) is 0 Å². The van der Waals surface area contributed by atoms with E-state index in [9.17, 15) is 0 Å². The second kappa shape index (κ2) is 6.42. The van der Waals surface area contributed by atoms with Crippen LogP contribution in [-0.4, -0.2) is 18.3 Å². The van der Waals surface area contributed by atoms with E-state index in [2.05, 4.69) is 67.7 Å². The summed E-state index contributed by atoms with van der Waals surface area (Å²) in [7, 11) is 1.68. The highest BCUT2D eigenvalue weighted by Crippen LogP contribution is 2.27. The number of imidazole rings is 1. The molecule has 2 heterocycles. The fraction of sp³-hybridized carbons (Fsp3) is 0.211. The summed E-state index contributed by atoms with van der Waals surface area (Å²) in [5.74, 6) is 2.01. The van der Waals surface area contributed by atoms with Gasteiger partial charge < -0.3 is 9.47 Å². The number of ether oxygens (including phenoxy) is 2. The van der Waals surface area contributed by atoms with Crippen LogP contribution in [0.2, 0.25) is 0 Å². The smallest absolute Gasteiger partial charge is 0.288 e. The van der Waals surface area contributed by atoms with Gasteiger partial charge in [-0.15, -0.1) is 0 Å². The van der Waals surface area contributed by atoms with Gasteiger partial charge in [0.15, 0.2) is 5.69 Å². The van der Waals surface area contributed by atoms with Gasteiger partial charge >= 0.3 is 0 Å². The topological polar surface area (TPSA) is 27.3 Å². The van der Waals surface area contributed by atoms with E-state index in [0.717, 1.165) is 40.6 Å². The summed E-state index contributed by atoms with van der Waals surface area (Å²) in [5.41, 5.74) is 3.44. The lowest BCUT2D eigenvalue weighted by atomic mass is 10.1. The molecule has 5 heteroatoms. The maximum atomic E-state index is 5.70. The van der Waals surface area contributed by atoms with E-state index in [1.54, 1.807) is 7.11 Å². The SMILES string of the molecule is COc1ccc(-n2c(-c3ccc(Br)cc3)c[n+]3c2COCC3)cc1. The van der Waals surface area contributed by atoms with E-state index in [0.29, 0.717) is 6.61 Å². The fourth-order valence-corrected chi connectivity index (χ4v) is 3.32. The Morgan fingerprint density at radius 1 is 1.08 bits per heavy atom. The molecule has 122 valence electrons. The number of hydrogen-bond donors (Lipinski definition) is 0. The minimum absolute atomic E-state index is 0.614. The lowest BCUT2D eigenvalue weighted by molar-refractivity contribution is -0.716. The largest absolute Gasteiger partial charge is 0.497 e. The molecule has 0 fully saturated rings. The Morgan fingerprint density at radius 3 is 2.54 bits per heavy atom. The molecule has 0 atom stereocenters. The molecule has 0 saturated heterocycles. The molecule has 0 amide bonds. The van der Waals surface area contributed by atoms with Crippen LogP contribution in [0.4, 0.5) is 0 Å². The van der Waals surface area contributed by atoms with Crippen LogP contribution >= 0.6 is 15.9 Å². The molecular weight excluding hydrogens is 368 g/mol. The number of fused-ring (bicyclic) bond motifs is 1. The highest BCUT2D eigenvalue weighted by atomic mass is 79.9. The molecule has 3 aromatic rings. The van der Waals surface area contributed by atoms with Gasteiger partial charge in [-0.25, -0.2) is 4.57 Å². The van der Waals surface area contributed by atoms with Crippen LogP contribution in [0.1, 0.15) is 5.82 Å². The quantitative estimate of drug-likeness (QED) is 0.642. The Balaban J connectivity index is 1.89. The lowest BCUT2D eigenvalue weighted by Gasteiger charge is -2.11. The van der Waals surface area contributed by atoms with Crippen molar-refractivity contribution >= 4 is 15.9 Å². The molecule has 1 aromatic heterocycles. The third-order valence-corrected chi connectivity index (χ3v) is 4.82. The predicted octanol–water partition coefficient (Wildman–Crippen LogP) is 3.73. The van der Waals surface area contributed by atoms with Crippen LogP contribution in [0.25, 0.3) is 16.9 Å². The van der Waals surface area contributed by atoms with Gasteiger partial charge in [-0.05, 0) is 48.5 Å². The lowest BCUT2D eigenvalue weighted by Crippen LogP contribution is -2.43. The Labute approximate surface area is 149 Å². The van der Waals surface area contributed by atoms with Crippen molar-refractivity contribution in [2.75, 3.05) is 13.7 Å². The van der Waals surface area contributed by atoms with E-state index in [4.69, 9.17) is 9.47 Å². The number of aromatic nitrogens is 2. The van der Waals surface area contributed by atoms with E-state index in [1.165, 1.54) is 5.56 Å². The first-order valence-corrected chi connectivity index (χ1v) is 8.68. The minimum Gasteiger partial charge on any atom is -0.497 e. The summed E-state index contributed by atoms with van der Waals surface area (Å²) in [4.78, 5) is 0. The Hall–Kier alpha value is -2.11. The Kier molecular flexibility index (Phi) is 4.12. The zero-order chi connectivity index (χ0) is 16.5. The molecule has 24 heavy (non-hydrogen) atoms. The van der Waals surface area contributed by atoms with Gasteiger partial charge in [0.2, 0.25) is 0 Å². The summed E-state index contributed by atoms with van der Waals surface area (Å²) < 4.78 is 16.6. The molecule has 0 N–H and O–H groups in total. The molecule has 0 saturated carbocycles. The highest BCUT2D eigenvalue weighted by Gasteiger charge is 2.28. The van der Waals surface area contributed by atoms with Crippen molar-refractivity contribution in [2.45, 2.75) is 13.2 Å². The number of benzene rings is 2. The van der Waals surface area contributed by atoms with Crippen LogP contribution in [0.5, 0.6) is 5.75 Å². The van der Waals surface area contributed by atoms with Crippen molar-refractivity contribution < 1.29 is 14.0 Å². The zero-order valence-electron chi connectivity index (χ0n) is 13.4. The third-order valence-electron chi connectivity index (χ3n) is 4.29. The van der Waals surface area contributed by atoms with Crippen molar-refractivity contribution in [3.05, 3.63) is 65.0 Å². The molecule has 0 radical (unpaired) electrons. The molecule has 4 rings (SSSR count). The summed E-state index contributed by atoms with van der Waals surface area (Å²) >= 11 is 3.51. The monoisotopic (exact) mass is 385 g/mol. The van der Waals surface area contributed by atoms with Gasteiger partial charge in [-0.1, -0.05) is 15.9 Å². The average Bonchev–Trinajstić information content (AvgIpc) is 3.02. The number of hydrogen-bond acceptors (Lipinski definition) is 2. The first-order valence-electron chi connectivity index (χ1n) is 7.88. The minimum atomic E-state index is 0.614. The van der Waals surface area contributed by atoms with Gasteiger partial charge in [0, 0.05) is 10.0 Å². The molecule has 4 nitrogen and oxygen atoms in total. The maximum absolute atomic E-state index is 5.70. The molecule has 1 aliphatic heterocycles. The molecule has 1 aliphatic rings. The summed E-state index contributed by atoms with van der Waals surface area (Å²) in [6, 6.07) is 16.5. The summed E-state index contributed by atoms with van der Waals surface area (Å²) in [5, 5.41) is 0. The van der Waals surface area contributed by atoms with Crippen LogP contribution < -0.4 is 9.30 Å². The van der Waals surface area contributed by atoms with E-state index >= 15 is 0 Å². The standard InChI is InChI=1S/C19H18BrN2O2/c1-23-17-8-6-16(7-9-17)22-18(14-2-4-15(20)5-3-14)12-21-10-11-24-13-19(21)22/h2-9,12H,10-11,13H2,1H3/q+1. The molecule has 0 spiro atoms. The molecule has 2 aromatic carbocycles. The van der Waals surface area contributed by atoms with Crippen molar-refractivity contribution in [3.63, 3.8) is 0 Å². The first-order chi connectivity index (χ1) is 11.8. The predicted molar refractivity (Wildman–Crippen MR) is 95.3 cm³/mol. The van der Waals surface area contributed by atoms with Crippen molar-refractivity contribution in [1.29, 1.82) is 0 Å². The molecular formula is C19H18BrN2O2+. The van der Waals surface area contributed by atoms with Gasteiger partial charge in [0.05, 0.1) is 13.7 Å². The second-order valence-electron chi connectivity index (χ2n) is 5.72. The Bertz CT molecular complexity index is 854. The summed E-state index contributed by atoms with van der Waals surface area (Å²) in [6.45, 7) is 2.24. The molecule has 0 unspecified atom stereocenters. The highest BCUT2D eigenvalue weighted by molar-refractivity contribution is 9.10. The van der Waals surface area contributed by atoms with Gasteiger partial charge in [-0.3, -0.25) is 0 Å². The first kappa shape index (κ1) is 15.4. The molecule has 0 aliphatic carbocycles. The fourth-order valence-electron chi connectivity index (χ4n) is 3.06. The number of rotatable bonds is 3. The third kappa shape index (κ3) is 2.74. The zero-order valence-corrected chi connectivity index (χ0v) is 15.0. The van der Waals surface area contributed by atoms with Gasteiger partial charge in [0.25, 0.3) is 5.82 Å².